The molecule has 1 fully saturated rings. The number of hydrogen-bond acceptors (Lipinski definition) is 4. The van der Waals surface area contributed by atoms with Gasteiger partial charge in [0.15, 0.2) is 0 Å². The maximum absolute atomic E-state index is 11.2. The lowest BCUT2D eigenvalue weighted by Crippen LogP contribution is -3.13. The van der Waals surface area contributed by atoms with E-state index in [1.54, 1.807) is 12.1 Å². The predicted octanol–water partition coefficient (Wildman–Crippen LogP) is 2.55. The van der Waals surface area contributed by atoms with Crippen molar-refractivity contribution in [1.82, 2.24) is 0 Å². The topological polar surface area (TPSA) is 60.0 Å². The highest BCUT2D eigenvalue weighted by Crippen LogP contribution is 2.28. The van der Waals surface area contributed by atoms with Crippen LogP contribution in [-0.4, -0.2) is 37.7 Å². The lowest BCUT2D eigenvalue weighted by Gasteiger charge is -2.34. The van der Waals surface area contributed by atoms with Crippen molar-refractivity contribution in [1.29, 1.82) is 0 Å². The van der Waals surface area contributed by atoms with Gasteiger partial charge in [-0.05, 0) is 31.2 Å². The molecule has 0 atom stereocenters. The van der Waals surface area contributed by atoms with Gasteiger partial charge in [0.2, 0.25) is 0 Å². The van der Waals surface area contributed by atoms with Crippen LogP contribution < -0.4 is 14.5 Å². The Morgan fingerprint density at radius 2 is 1.96 bits per heavy atom. The zero-order valence-corrected chi connectivity index (χ0v) is 15.5. The summed E-state index contributed by atoms with van der Waals surface area (Å²) in [5, 5.41) is 11.8. The first kappa shape index (κ1) is 18.5. The van der Waals surface area contributed by atoms with Gasteiger partial charge >= 0.3 is 0 Å². The second kappa shape index (κ2) is 8.38. The minimum absolute atomic E-state index is 0.144. The lowest BCUT2D eigenvalue weighted by molar-refractivity contribution is -0.914. The number of anilines is 1. The number of quaternary nitrogens is 1. The molecule has 6 nitrogen and oxygen atoms in total. The fourth-order valence-corrected chi connectivity index (χ4v) is 3.57. The van der Waals surface area contributed by atoms with Gasteiger partial charge in [-0.3, -0.25) is 10.1 Å². The van der Waals surface area contributed by atoms with Crippen molar-refractivity contribution in [2.24, 2.45) is 0 Å². The highest BCUT2D eigenvalue weighted by atomic mass is 35.5. The maximum atomic E-state index is 11.2. The summed E-state index contributed by atoms with van der Waals surface area (Å²) >= 11 is 6.04. The molecular formula is C19H23ClN3O3+. The van der Waals surface area contributed by atoms with Gasteiger partial charge in [0.25, 0.3) is 5.69 Å². The van der Waals surface area contributed by atoms with E-state index in [0.29, 0.717) is 23.7 Å². The number of piperazine rings is 1. The molecule has 0 radical (unpaired) electrons. The number of ether oxygens (including phenoxy) is 1. The summed E-state index contributed by atoms with van der Waals surface area (Å²) in [6.07, 6.45) is 0. The highest BCUT2D eigenvalue weighted by molar-refractivity contribution is 6.30. The fraction of sp³-hybridized carbons (Fsp3) is 0.368. The number of halogens is 1. The molecule has 0 aromatic heterocycles. The van der Waals surface area contributed by atoms with Gasteiger partial charge < -0.3 is 14.5 Å². The number of para-hydroxylation sites is 2. The maximum Gasteiger partial charge on any atom is 0.278 e. The van der Waals surface area contributed by atoms with Crippen LogP contribution in [0.5, 0.6) is 5.75 Å². The van der Waals surface area contributed by atoms with Crippen LogP contribution in [-0.2, 0) is 6.54 Å². The molecular weight excluding hydrogens is 354 g/mol. The molecule has 7 heteroatoms. The summed E-state index contributed by atoms with van der Waals surface area (Å²) in [4.78, 5) is 14.5. The first-order valence-electron chi connectivity index (χ1n) is 8.81. The summed E-state index contributed by atoms with van der Waals surface area (Å²) in [6.45, 7) is 6.81. The van der Waals surface area contributed by atoms with Crippen molar-refractivity contribution in [3.05, 3.63) is 63.2 Å². The van der Waals surface area contributed by atoms with E-state index in [1.807, 2.05) is 25.1 Å². The van der Waals surface area contributed by atoms with E-state index < -0.39 is 0 Å². The van der Waals surface area contributed by atoms with Gasteiger partial charge in [-0.2, -0.15) is 0 Å². The van der Waals surface area contributed by atoms with Crippen LogP contribution in [0.4, 0.5) is 11.4 Å². The summed E-state index contributed by atoms with van der Waals surface area (Å²) in [5.41, 5.74) is 1.95. The molecule has 26 heavy (non-hydrogen) atoms. The van der Waals surface area contributed by atoms with Gasteiger partial charge in [0.1, 0.15) is 12.3 Å². The Hall–Kier alpha value is -2.31. The molecule has 1 aliphatic heterocycles. The number of hydrogen-bond donors (Lipinski definition) is 1. The second-order valence-electron chi connectivity index (χ2n) is 6.34. The van der Waals surface area contributed by atoms with Crippen LogP contribution in [0.3, 0.4) is 0 Å². The van der Waals surface area contributed by atoms with E-state index in [1.165, 1.54) is 11.0 Å². The van der Waals surface area contributed by atoms with Crippen LogP contribution in [0.1, 0.15) is 12.5 Å². The molecule has 1 N–H and O–H groups in total. The Labute approximate surface area is 158 Å². The van der Waals surface area contributed by atoms with Crippen LogP contribution in [0, 0.1) is 10.1 Å². The minimum Gasteiger partial charge on any atom is -0.492 e. The zero-order chi connectivity index (χ0) is 18.5. The Bertz CT molecular complexity index is 776. The molecule has 2 aromatic carbocycles. The molecule has 1 heterocycles. The Balaban J connectivity index is 1.67. The Morgan fingerprint density at radius 3 is 2.65 bits per heavy atom. The third kappa shape index (κ3) is 4.26. The third-order valence-corrected chi connectivity index (χ3v) is 4.89. The van der Waals surface area contributed by atoms with Crippen molar-refractivity contribution < 1.29 is 14.6 Å². The van der Waals surface area contributed by atoms with Gasteiger partial charge in [-0.1, -0.05) is 23.7 Å². The number of nitro benzene ring substituents is 1. The molecule has 3 rings (SSSR count). The second-order valence-corrected chi connectivity index (χ2v) is 6.78. The zero-order valence-electron chi connectivity index (χ0n) is 14.8. The lowest BCUT2D eigenvalue weighted by atomic mass is 10.1. The standard InChI is InChI=1S/C19H22ClN3O3/c1-2-26-19-6-4-3-5-18(19)22-11-9-21(10-12-22)14-15-13-16(20)7-8-17(15)23(24)25/h3-8,13H,2,9-12,14H2,1H3/p+1. The normalized spacial score (nSPS) is 15.1. The average Bonchev–Trinajstić information content (AvgIpc) is 2.63. The van der Waals surface area contributed by atoms with Crippen molar-refractivity contribution in [2.45, 2.75) is 13.5 Å². The van der Waals surface area contributed by atoms with Crippen LogP contribution in [0.2, 0.25) is 5.02 Å². The number of benzene rings is 2. The molecule has 0 unspecified atom stereocenters. The largest absolute Gasteiger partial charge is 0.492 e. The summed E-state index contributed by atoms with van der Waals surface area (Å²) < 4.78 is 5.73. The number of nitro groups is 1. The number of nitrogens with one attached hydrogen (secondary N) is 1. The quantitative estimate of drug-likeness (QED) is 0.621. The molecule has 0 saturated carbocycles. The molecule has 1 saturated heterocycles. The van der Waals surface area contributed by atoms with E-state index in [9.17, 15) is 10.1 Å². The first-order valence-corrected chi connectivity index (χ1v) is 9.19. The average molecular weight is 377 g/mol. The van der Waals surface area contributed by atoms with E-state index in [2.05, 4.69) is 11.0 Å². The van der Waals surface area contributed by atoms with Gasteiger partial charge in [0, 0.05) is 11.1 Å². The van der Waals surface area contributed by atoms with Crippen molar-refractivity contribution in [3.63, 3.8) is 0 Å². The SMILES string of the molecule is CCOc1ccccc1N1CC[NH+](Cc2cc(Cl)ccc2[N+](=O)[O-])CC1. The molecule has 0 amide bonds. The first-order chi connectivity index (χ1) is 12.6. The smallest absolute Gasteiger partial charge is 0.278 e. The van der Waals surface area contributed by atoms with E-state index in [-0.39, 0.29) is 10.6 Å². The van der Waals surface area contributed by atoms with Crippen molar-refractivity contribution >= 4 is 23.0 Å². The van der Waals surface area contributed by atoms with Gasteiger partial charge in [-0.25, -0.2) is 0 Å². The molecule has 2 aromatic rings. The van der Waals surface area contributed by atoms with Gasteiger partial charge in [-0.15, -0.1) is 0 Å². The molecule has 1 aliphatic rings. The predicted molar refractivity (Wildman–Crippen MR) is 102 cm³/mol. The summed E-state index contributed by atoms with van der Waals surface area (Å²) in [7, 11) is 0. The fourth-order valence-electron chi connectivity index (χ4n) is 3.38. The Morgan fingerprint density at radius 1 is 1.23 bits per heavy atom. The van der Waals surface area contributed by atoms with Crippen molar-refractivity contribution in [2.75, 3.05) is 37.7 Å². The highest BCUT2D eigenvalue weighted by Gasteiger charge is 2.25. The molecule has 0 bridgehead atoms. The van der Waals surface area contributed by atoms with Crippen LogP contribution in [0.15, 0.2) is 42.5 Å². The molecule has 138 valence electrons. The Kier molecular flexibility index (Phi) is 5.96. The molecule has 0 aliphatic carbocycles. The summed E-state index contributed by atoms with van der Waals surface area (Å²) in [6, 6.07) is 12.8. The van der Waals surface area contributed by atoms with E-state index >= 15 is 0 Å². The number of rotatable bonds is 6. The van der Waals surface area contributed by atoms with E-state index in [0.717, 1.165) is 37.6 Å². The van der Waals surface area contributed by atoms with Crippen molar-refractivity contribution in [3.8, 4) is 5.75 Å². The number of nitrogens with zero attached hydrogens (tertiary/aromatic N) is 2. The van der Waals surface area contributed by atoms with Crippen LogP contribution >= 0.6 is 11.6 Å². The van der Waals surface area contributed by atoms with E-state index in [4.69, 9.17) is 16.3 Å². The molecule has 0 spiro atoms. The summed E-state index contributed by atoms with van der Waals surface area (Å²) in [5.74, 6) is 0.906. The third-order valence-electron chi connectivity index (χ3n) is 4.66. The minimum atomic E-state index is -0.334. The van der Waals surface area contributed by atoms with Crippen LogP contribution in [0.25, 0.3) is 0 Å². The monoisotopic (exact) mass is 376 g/mol. The van der Waals surface area contributed by atoms with Gasteiger partial charge in [0.05, 0.1) is 49.0 Å².